The second-order valence-corrected chi connectivity index (χ2v) is 5.90. The fraction of sp³-hybridized carbons (Fsp3) is 0.0769. The molecular formula is C13H11F3N2O2S. The molecule has 0 aliphatic rings. The lowest BCUT2D eigenvalue weighted by molar-refractivity contribution is -0.136. The van der Waals surface area contributed by atoms with E-state index < -0.39 is 27.5 Å². The van der Waals surface area contributed by atoms with Gasteiger partial charge in [0.2, 0.25) is 0 Å². The van der Waals surface area contributed by atoms with Gasteiger partial charge < -0.3 is 5.73 Å². The minimum Gasteiger partial charge on any atom is -0.398 e. The van der Waals surface area contributed by atoms with Crippen molar-refractivity contribution in [3.63, 3.8) is 0 Å². The zero-order valence-corrected chi connectivity index (χ0v) is 11.4. The molecule has 3 N–H and O–H groups in total. The average molecular weight is 316 g/mol. The Labute approximate surface area is 119 Å². The number of hydrogen-bond acceptors (Lipinski definition) is 3. The van der Waals surface area contributed by atoms with Crippen molar-refractivity contribution in [1.29, 1.82) is 0 Å². The maximum atomic E-state index is 12.7. The number of hydrogen-bond donors (Lipinski definition) is 2. The van der Waals surface area contributed by atoms with Gasteiger partial charge in [-0.25, -0.2) is 8.42 Å². The molecular weight excluding hydrogens is 305 g/mol. The minimum atomic E-state index is -4.65. The zero-order chi connectivity index (χ0) is 15.7. The van der Waals surface area contributed by atoms with Gasteiger partial charge in [-0.1, -0.05) is 18.2 Å². The Kier molecular flexibility index (Phi) is 3.82. The zero-order valence-electron chi connectivity index (χ0n) is 10.6. The van der Waals surface area contributed by atoms with E-state index in [1.165, 1.54) is 30.3 Å². The Morgan fingerprint density at radius 1 is 1.00 bits per heavy atom. The first-order valence-corrected chi connectivity index (χ1v) is 7.23. The fourth-order valence-electron chi connectivity index (χ4n) is 1.68. The molecule has 0 unspecified atom stereocenters. The molecule has 0 aromatic heterocycles. The summed E-state index contributed by atoms with van der Waals surface area (Å²) in [5.74, 6) is 0. The van der Waals surface area contributed by atoms with Crippen molar-refractivity contribution in [2.24, 2.45) is 0 Å². The molecule has 0 amide bonds. The third-order valence-corrected chi connectivity index (χ3v) is 4.06. The van der Waals surface area contributed by atoms with Gasteiger partial charge in [0.15, 0.2) is 0 Å². The third-order valence-electron chi connectivity index (χ3n) is 2.66. The van der Waals surface area contributed by atoms with E-state index in [1.54, 1.807) is 6.07 Å². The standard InChI is InChI=1S/C13H11F3N2O2S/c14-13(15,16)11-8-9(6-7-12(11)17)18-21(19,20)10-4-2-1-3-5-10/h1-8,18H,17H2. The van der Waals surface area contributed by atoms with Crippen molar-refractivity contribution in [3.05, 3.63) is 54.1 Å². The van der Waals surface area contributed by atoms with Gasteiger partial charge >= 0.3 is 6.18 Å². The summed E-state index contributed by atoms with van der Waals surface area (Å²) in [5, 5.41) is 0. The number of benzene rings is 2. The second-order valence-electron chi connectivity index (χ2n) is 4.22. The highest BCUT2D eigenvalue weighted by Crippen LogP contribution is 2.35. The summed E-state index contributed by atoms with van der Waals surface area (Å²) in [6.45, 7) is 0. The molecule has 0 radical (unpaired) electrons. The van der Waals surface area contributed by atoms with Crippen molar-refractivity contribution in [3.8, 4) is 0 Å². The number of nitrogen functional groups attached to an aromatic ring is 1. The summed E-state index contributed by atoms with van der Waals surface area (Å²) in [4.78, 5) is -0.0459. The highest BCUT2D eigenvalue weighted by molar-refractivity contribution is 7.92. The third kappa shape index (κ3) is 3.46. The quantitative estimate of drug-likeness (QED) is 0.855. The van der Waals surface area contributed by atoms with E-state index in [9.17, 15) is 21.6 Å². The first-order valence-electron chi connectivity index (χ1n) is 5.75. The van der Waals surface area contributed by atoms with E-state index >= 15 is 0 Å². The molecule has 0 atom stereocenters. The van der Waals surface area contributed by atoms with Crippen LogP contribution >= 0.6 is 0 Å². The van der Waals surface area contributed by atoms with Crippen LogP contribution in [0.1, 0.15) is 5.56 Å². The summed E-state index contributed by atoms with van der Waals surface area (Å²) in [6.07, 6.45) is -4.65. The summed E-state index contributed by atoms with van der Waals surface area (Å²) in [7, 11) is -3.95. The molecule has 0 aliphatic carbocycles. The van der Waals surface area contributed by atoms with Gasteiger partial charge in [0.1, 0.15) is 0 Å². The number of sulfonamides is 1. The lowest BCUT2D eigenvalue weighted by Gasteiger charge is -2.13. The van der Waals surface area contributed by atoms with Crippen LogP contribution in [0.15, 0.2) is 53.4 Å². The highest BCUT2D eigenvalue weighted by atomic mass is 32.2. The number of alkyl halides is 3. The Morgan fingerprint density at radius 3 is 2.19 bits per heavy atom. The van der Waals surface area contributed by atoms with Crippen molar-refractivity contribution in [1.82, 2.24) is 0 Å². The Morgan fingerprint density at radius 2 is 1.62 bits per heavy atom. The summed E-state index contributed by atoms with van der Waals surface area (Å²) in [6, 6.07) is 10.2. The van der Waals surface area contributed by atoms with Crippen LogP contribution in [0.2, 0.25) is 0 Å². The van der Waals surface area contributed by atoms with E-state index in [1.807, 2.05) is 0 Å². The number of halogens is 3. The lowest BCUT2D eigenvalue weighted by atomic mass is 10.1. The maximum absolute atomic E-state index is 12.7. The molecule has 2 rings (SSSR count). The van der Waals surface area contributed by atoms with Gasteiger partial charge in [-0.05, 0) is 30.3 Å². The SMILES string of the molecule is Nc1ccc(NS(=O)(=O)c2ccccc2)cc1C(F)(F)F. The molecule has 0 aliphatic heterocycles. The molecule has 0 bridgehead atoms. The smallest absolute Gasteiger partial charge is 0.398 e. The summed E-state index contributed by atoms with van der Waals surface area (Å²) >= 11 is 0. The van der Waals surface area contributed by atoms with Crippen LogP contribution in [0.25, 0.3) is 0 Å². The Hall–Kier alpha value is -2.22. The van der Waals surface area contributed by atoms with E-state index in [0.717, 1.165) is 6.07 Å². The predicted octanol–water partition coefficient (Wildman–Crippen LogP) is 3.09. The minimum absolute atomic E-state index is 0.0459. The van der Waals surface area contributed by atoms with Gasteiger partial charge in [0.05, 0.1) is 10.5 Å². The largest absolute Gasteiger partial charge is 0.418 e. The molecule has 4 nitrogen and oxygen atoms in total. The maximum Gasteiger partial charge on any atom is 0.418 e. The Bertz CT molecular complexity index is 744. The second kappa shape index (κ2) is 5.28. The molecule has 2 aromatic rings. The van der Waals surface area contributed by atoms with E-state index in [-0.39, 0.29) is 10.6 Å². The first-order chi connectivity index (χ1) is 9.70. The molecule has 0 saturated carbocycles. The van der Waals surface area contributed by atoms with Gasteiger partial charge in [-0.2, -0.15) is 13.2 Å². The molecule has 0 spiro atoms. The van der Waals surface area contributed by atoms with Crippen LogP contribution in [0.4, 0.5) is 24.5 Å². The molecule has 0 saturated heterocycles. The summed E-state index contributed by atoms with van der Waals surface area (Å²) < 4.78 is 64.3. The number of rotatable bonds is 3. The van der Waals surface area contributed by atoms with Crippen molar-refractivity contribution >= 4 is 21.4 Å². The van der Waals surface area contributed by atoms with Crippen LogP contribution in [0, 0.1) is 0 Å². The van der Waals surface area contributed by atoms with Crippen LogP contribution in [0.3, 0.4) is 0 Å². The molecule has 2 aromatic carbocycles. The molecule has 8 heteroatoms. The van der Waals surface area contributed by atoms with Crippen LogP contribution in [-0.4, -0.2) is 8.42 Å². The van der Waals surface area contributed by atoms with Crippen LogP contribution < -0.4 is 10.5 Å². The molecule has 21 heavy (non-hydrogen) atoms. The van der Waals surface area contributed by atoms with E-state index in [0.29, 0.717) is 6.07 Å². The highest BCUT2D eigenvalue weighted by Gasteiger charge is 2.33. The number of anilines is 2. The molecule has 112 valence electrons. The fourth-order valence-corrected chi connectivity index (χ4v) is 2.75. The molecule has 0 heterocycles. The first kappa shape index (κ1) is 15.2. The van der Waals surface area contributed by atoms with Gasteiger partial charge in [-0.15, -0.1) is 0 Å². The summed E-state index contributed by atoms with van der Waals surface area (Å²) in [5.41, 5.74) is 3.49. The number of nitrogens with one attached hydrogen (secondary N) is 1. The van der Waals surface area contributed by atoms with Gasteiger partial charge in [0, 0.05) is 11.4 Å². The lowest BCUT2D eigenvalue weighted by Crippen LogP contribution is -2.15. The van der Waals surface area contributed by atoms with Crippen molar-refractivity contribution in [2.45, 2.75) is 11.1 Å². The Balaban J connectivity index is 2.37. The topological polar surface area (TPSA) is 72.2 Å². The van der Waals surface area contributed by atoms with E-state index in [4.69, 9.17) is 5.73 Å². The van der Waals surface area contributed by atoms with Crippen molar-refractivity contribution < 1.29 is 21.6 Å². The van der Waals surface area contributed by atoms with Gasteiger partial charge in [-0.3, -0.25) is 4.72 Å². The average Bonchev–Trinajstić information content (AvgIpc) is 2.40. The van der Waals surface area contributed by atoms with Gasteiger partial charge in [0.25, 0.3) is 10.0 Å². The normalized spacial score (nSPS) is 12.1. The monoisotopic (exact) mass is 316 g/mol. The number of nitrogens with two attached hydrogens (primary N) is 1. The molecule has 0 fully saturated rings. The van der Waals surface area contributed by atoms with E-state index in [2.05, 4.69) is 4.72 Å². The van der Waals surface area contributed by atoms with Crippen LogP contribution in [0.5, 0.6) is 0 Å². The predicted molar refractivity (Wildman–Crippen MR) is 73.1 cm³/mol. The van der Waals surface area contributed by atoms with Crippen LogP contribution in [-0.2, 0) is 16.2 Å². The van der Waals surface area contributed by atoms with Crippen molar-refractivity contribution in [2.75, 3.05) is 10.5 Å².